The number of amides is 2. The molecule has 0 aliphatic carbocycles. The number of hydrogen-bond donors (Lipinski definition) is 0. The highest BCUT2D eigenvalue weighted by molar-refractivity contribution is 6.58. The lowest BCUT2D eigenvalue weighted by molar-refractivity contribution is -0.137. The highest BCUT2D eigenvalue weighted by Gasteiger charge is 2.36. The Hall–Kier alpha value is -1.56. The van der Waals surface area contributed by atoms with Gasteiger partial charge in [0, 0.05) is 5.02 Å². The van der Waals surface area contributed by atoms with Gasteiger partial charge in [-0.1, -0.05) is 34.8 Å². The molecular formula is C13H8Cl3NO4. The third kappa shape index (κ3) is 3.37. The third-order valence-electron chi connectivity index (χ3n) is 2.69. The molecule has 1 aromatic carbocycles. The van der Waals surface area contributed by atoms with Crippen LogP contribution < -0.4 is 0 Å². The Balaban J connectivity index is 1.88. The van der Waals surface area contributed by atoms with E-state index >= 15 is 0 Å². The summed E-state index contributed by atoms with van der Waals surface area (Å²) in [5, 5.41) is -0.161. The van der Waals surface area contributed by atoms with E-state index in [1.165, 1.54) is 12.1 Å². The van der Waals surface area contributed by atoms with Gasteiger partial charge in [-0.2, -0.15) is 0 Å². The summed E-state index contributed by atoms with van der Waals surface area (Å²) in [6.45, 7) is -0.281. The number of esters is 1. The molecule has 110 valence electrons. The van der Waals surface area contributed by atoms with E-state index in [1.54, 1.807) is 12.1 Å². The van der Waals surface area contributed by atoms with Crippen LogP contribution in [0.15, 0.2) is 34.3 Å². The number of hydrogen-bond acceptors (Lipinski definition) is 4. The highest BCUT2D eigenvalue weighted by atomic mass is 35.5. The predicted molar refractivity (Wildman–Crippen MR) is 77.2 cm³/mol. The summed E-state index contributed by atoms with van der Waals surface area (Å²) >= 11 is 16.8. The van der Waals surface area contributed by atoms with E-state index in [4.69, 9.17) is 39.5 Å². The zero-order chi connectivity index (χ0) is 15.6. The van der Waals surface area contributed by atoms with Crippen LogP contribution in [-0.4, -0.2) is 35.8 Å². The molecule has 0 saturated carbocycles. The van der Waals surface area contributed by atoms with Crippen molar-refractivity contribution in [1.29, 1.82) is 0 Å². The first-order valence-electron chi connectivity index (χ1n) is 5.76. The van der Waals surface area contributed by atoms with Gasteiger partial charge in [0.2, 0.25) is 0 Å². The molecule has 0 N–H and O–H groups in total. The lowest BCUT2D eigenvalue weighted by atomic mass is 10.2. The Kier molecular flexibility index (Phi) is 4.88. The minimum atomic E-state index is -0.700. The number of imide groups is 1. The van der Waals surface area contributed by atoms with Crippen molar-refractivity contribution in [2.24, 2.45) is 0 Å². The van der Waals surface area contributed by atoms with E-state index in [0.29, 0.717) is 10.6 Å². The number of rotatable bonds is 4. The Morgan fingerprint density at radius 3 is 2.05 bits per heavy atom. The first kappa shape index (κ1) is 15.8. The molecule has 0 aromatic heterocycles. The molecule has 0 radical (unpaired) electrons. The van der Waals surface area contributed by atoms with Gasteiger partial charge in [0.25, 0.3) is 11.8 Å². The number of carbonyl (C=O) groups excluding carboxylic acids is 3. The quantitative estimate of drug-likeness (QED) is 0.620. The standard InChI is InChI=1S/C13H8Cl3NO4/c14-8-3-1-7(2-4-8)13(20)21-6-5-17-11(18)9(15)10(16)12(17)19/h1-4H,5-6H2. The number of halogens is 3. The molecule has 5 nitrogen and oxygen atoms in total. The molecule has 0 saturated heterocycles. The first-order valence-corrected chi connectivity index (χ1v) is 6.89. The fourth-order valence-electron chi connectivity index (χ4n) is 1.62. The lowest BCUT2D eigenvalue weighted by Gasteiger charge is -2.13. The summed E-state index contributed by atoms with van der Waals surface area (Å²) in [5.74, 6) is -1.99. The molecule has 2 amide bonds. The van der Waals surface area contributed by atoms with Crippen LogP contribution in [0.3, 0.4) is 0 Å². The SMILES string of the molecule is O=C(OCCN1C(=O)C(Cl)=C(Cl)C1=O)c1ccc(Cl)cc1. The minimum Gasteiger partial charge on any atom is -0.460 e. The van der Waals surface area contributed by atoms with Crippen molar-refractivity contribution in [3.8, 4) is 0 Å². The molecule has 0 unspecified atom stereocenters. The van der Waals surface area contributed by atoms with Crippen LogP contribution in [0.25, 0.3) is 0 Å². The van der Waals surface area contributed by atoms with Crippen molar-refractivity contribution in [3.63, 3.8) is 0 Å². The molecule has 1 aliphatic rings. The summed E-state index contributed by atoms with van der Waals surface area (Å²) < 4.78 is 4.96. The zero-order valence-electron chi connectivity index (χ0n) is 10.4. The van der Waals surface area contributed by atoms with Gasteiger partial charge < -0.3 is 4.74 Å². The van der Waals surface area contributed by atoms with E-state index in [0.717, 1.165) is 4.90 Å². The normalized spacial score (nSPS) is 14.9. The van der Waals surface area contributed by atoms with E-state index < -0.39 is 17.8 Å². The van der Waals surface area contributed by atoms with Crippen molar-refractivity contribution in [2.45, 2.75) is 0 Å². The van der Waals surface area contributed by atoms with Crippen molar-refractivity contribution >= 4 is 52.6 Å². The predicted octanol–water partition coefficient (Wildman–Crippen LogP) is 2.55. The molecule has 1 heterocycles. The number of carbonyl (C=O) groups is 3. The largest absolute Gasteiger partial charge is 0.460 e. The topological polar surface area (TPSA) is 63.7 Å². The fourth-order valence-corrected chi connectivity index (χ4v) is 2.11. The monoisotopic (exact) mass is 347 g/mol. The molecule has 21 heavy (non-hydrogen) atoms. The second-order valence-corrected chi connectivity index (χ2v) is 5.23. The molecule has 0 spiro atoms. The first-order chi connectivity index (χ1) is 9.91. The molecule has 2 rings (SSSR count). The molecule has 1 aliphatic heterocycles. The Bertz CT molecular complexity index is 615. The molecule has 8 heteroatoms. The van der Waals surface area contributed by atoms with Gasteiger partial charge in [-0.15, -0.1) is 0 Å². The summed E-state index contributed by atoms with van der Waals surface area (Å²) in [4.78, 5) is 35.7. The van der Waals surface area contributed by atoms with E-state index in [9.17, 15) is 14.4 Å². The van der Waals surface area contributed by atoms with Crippen molar-refractivity contribution in [2.75, 3.05) is 13.2 Å². The molecule has 0 atom stereocenters. The van der Waals surface area contributed by atoms with Gasteiger partial charge in [-0.25, -0.2) is 4.79 Å². The van der Waals surface area contributed by atoms with Crippen LogP contribution in [0.4, 0.5) is 0 Å². The van der Waals surface area contributed by atoms with E-state index in [1.807, 2.05) is 0 Å². The third-order valence-corrected chi connectivity index (χ3v) is 3.74. The summed E-state index contributed by atoms with van der Waals surface area (Å²) in [6, 6.07) is 6.11. The van der Waals surface area contributed by atoms with E-state index in [2.05, 4.69) is 0 Å². The average molecular weight is 349 g/mol. The zero-order valence-corrected chi connectivity index (χ0v) is 12.7. The number of benzene rings is 1. The van der Waals surface area contributed by atoms with Gasteiger partial charge in [-0.05, 0) is 24.3 Å². The van der Waals surface area contributed by atoms with Gasteiger partial charge in [0.1, 0.15) is 16.7 Å². The van der Waals surface area contributed by atoms with Gasteiger partial charge in [-0.3, -0.25) is 14.5 Å². The van der Waals surface area contributed by atoms with Crippen LogP contribution in [0, 0.1) is 0 Å². The summed E-state index contributed by atoms with van der Waals surface area (Å²) in [5.41, 5.74) is 0.313. The Labute approximate surface area is 135 Å². The average Bonchev–Trinajstić information content (AvgIpc) is 2.65. The fraction of sp³-hybridized carbons (Fsp3) is 0.154. The van der Waals surface area contributed by atoms with Crippen molar-refractivity contribution in [1.82, 2.24) is 4.90 Å². The van der Waals surface area contributed by atoms with Crippen LogP contribution in [0.1, 0.15) is 10.4 Å². The highest BCUT2D eigenvalue weighted by Crippen LogP contribution is 2.26. The Morgan fingerprint density at radius 1 is 1.00 bits per heavy atom. The summed E-state index contributed by atoms with van der Waals surface area (Å²) in [6.07, 6.45) is 0. The minimum absolute atomic E-state index is 0.122. The van der Waals surface area contributed by atoms with Gasteiger partial charge in [0.15, 0.2) is 0 Å². The van der Waals surface area contributed by atoms with Crippen LogP contribution in [0.5, 0.6) is 0 Å². The maximum atomic E-state index is 11.7. The number of nitrogens with zero attached hydrogens (tertiary/aromatic N) is 1. The van der Waals surface area contributed by atoms with Crippen LogP contribution in [0.2, 0.25) is 5.02 Å². The molecule has 1 aromatic rings. The molecular weight excluding hydrogens is 341 g/mol. The maximum Gasteiger partial charge on any atom is 0.338 e. The van der Waals surface area contributed by atoms with Crippen molar-refractivity contribution < 1.29 is 19.1 Å². The van der Waals surface area contributed by atoms with Gasteiger partial charge >= 0.3 is 5.97 Å². The van der Waals surface area contributed by atoms with Crippen molar-refractivity contribution in [3.05, 3.63) is 44.9 Å². The smallest absolute Gasteiger partial charge is 0.338 e. The molecule has 0 bridgehead atoms. The van der Waals surface area contributed by atoms with Crippen LogP contribution >= 0.6 is 34.8 Å². The van der Waals surface area contributed by atoms with E-state index in [-0.39, 0.29) is 23.2 Å². The molecule has 0 fully saturated rings. The second-order valence-electron chi connectivity index (χ2n) is 4.03. The van der Waals surface area contributed by atoms with Crippen LogP contribution in [-0.2, 0) is 14.3 Å². The van der Waals surface area contributed by atoms with Gasteiger partial charge in [0.05, 0.1) is 12.1 Å². The second kappa shape index (κ2) is 6.47. The number of ether oxygens (including phenoxy) is 1. The maximum absolute atomic E-state index is 11.7. The lowest BCUT2D eigenvalue weighted by Crippen LogP contribution is -2.34. The Morgan fingerprint density at radius 2 is 1.52 bits per heavy atom. The summed E-state index contributed by atoms with van der Waals surface area (Å²) in [7, 11) is 0.